The first-order valence-corrected chi connectivity index (χ1v) is 18.9. The lowest BCUT2D eigenvalue weighted by Crippen LogP contribution is -1.93. The van der Waals surface area contributed by atoms with Gasteiger partial charge in [0.1, 0.15) is 0 Å². The third kappa shape index (κ3) is 4.70. The fourth-order valence-corrected chi connectivity index (χ4v) is 9.52. The van der Waals surface area contributed by atoms with Crippen LogP contribution in [0.15, 0.2) is 176 Å². The lowest BCUT2D eigenvalue weighted by atomic mass is 9.95. The maximum Gasteiger partial charge on any atom is 0.189 e. The Morgan fingerprint density at radius 2 is 1.13 bits per heavy atom. The van der Waals surface area contributed by atoms with Gasteiger partial charge in [0.15, 0.2) is 5.69 Å². The van der Waals surface area contributed by atoms with Crippen molar-refractivity contribution in [3.8, 4) is 39.2 Å². The molecule has 0 aliphatic heterocycles. The minimum absolute atomic E-state index is 0.636. The molecule has 3 aromatic heterocycles. The van der Waals surface area contributed by atoms with Crippen molar-refractivity contribution in [2.75, 3.05) is 0 Å². The zero-order valence-corrected chi connectivity index (χ0v) is 29.8. The van der Waals surface area contributed by atoms with Crippen molar-refractivity contribution in [3.63, 3.8) is 0 Å². The van der Waals surface area contributed by atoms with Gasteiger partial charge in [0.25, 0.3) is 0 Å². The van der Waals surface area contributed by atoms with Gasteiger partial charge in [-0.1, -0.05) is 127 Å². The van der Waals surface area contributed by atoms with Crippen LogP contribution in [-0.2, 0) is 0 Å². The maximum atomic E-state index is 7.66. The zero-order valence-electron chi connectivity index (χ0n) is 29.0. The molecular formula is C50H29N3S. The second kappa shape index (κ2) is 12.0. The van der Waals surface area contributed by atoms with Crippen LogP contribution >= 0.6 is 11.3 Å². The smallest absolute Gasteiger partial charge is 0.189 e. The number of thiophene rings is 1. The molecule has 250 valence electrons. The van der Waals surface area contributed by atoms with E-state index < -0.39 is 0 Å². The summed E-state index contributed by atoms with van der Waals surface area (Å²) in [7, 11) is 0. The molecule has 0 spiro atoms. The second-order valence-electron chi connectivity index (χ2n) is 13.8. The molecule has 11 rings (SSSR count). The van der Waals surface area contributed by atoms with Gasteiger partial charge in [0.05, 0.1) is 23.3 Å². The molecular weight excluding hydrogens is 675 g/mol. The van der Waals surface area contributed by atoms with Crippen molar-refractivity contribution >= 4 is 80.7 Å². The second-order valence-corrected chi connectivity index (χ2v) is 14.9. The van der Waals surface area contributed by atoms with E-state index in [0.29, 0.717) is 5.69 Å². The van der Waals surface area contributed by atoms with Crippen molar-refractivity contribution in [1.82, 2.24) is 9.55 Å². The van der Waals surface area contributed by atoms with E-state index in [4.69, 9.17) is 11.6 Å². The van der Waals surface area contributed by atoms with Crippen LogP contribution in [0, 0.1) is 6.57 Å². The Balaban J connectivity index is 1.08. The van der Waals surface area contributed by atoms with E-state index in [2.05, 4.69) is 167 Å². The van der Waals surface area contributed by atoms with E-state index in [-0.39, 0.29) is 0 Å². The number of para-hydroxylation sites is 1. The Kier molecular flexibility index (Phi) is 6.79. The standard InChI is InChI=1S/C50H29N3S/c1-51-36-21-23-38-43-28-34(20-26-45(43)53(46(38)30-36)37-15-6-3-7-16-37)32-13-10-14-33(27-32)35-19-22-41-44(29-35)52-49(31-11-4-2-5-12-31)42-25-24-40-39-17-8-9-18-47(39)54-50(40)48(41)42/h2-30H. The van der Waals surface area contributed by atoms with Crippen molar-refractivity contribution < 1.29 is 0 Å². The number of hydrogen-bond acceptors (Lipinski definition) is 2. The van der Waals surface area contributed by atoms with Crippen molar-refractivity contribution in [1.29, 1.82) is 0 Å². The average Bonchev–Trinajstić information content (AvgIpc) is 3.79. The van der Waals surface area contributed by atoms with Crippen molar-refractivity contribution in [3.05, 3.63) is 187 Å². The minimum atomic E-state index is 0.636. The molecule has 0 bridgehead atoms. The Hall–Kier alpha value is -7.06. The molecule has 4 heteroatoms. The van der Waals surface area contributed by atoms with Crippen LogP contribution in [0.5, 0.6) is 0 Å². The Bertz CT molecular complexity index is 3330. The summed E-state index contributed by atoms with van der Waals surface area (Å²) in [5.41, 5.74) is 11.6. The summed E-state index contributed by atoms with van der Waals surface area (Å²) in [6, 6.07) is 62.6. The molecule has 3 heterocycles. The van der Waals surface area contributed by atoms with Gasteiger partial charge in [-0.25, -0.2) is 9.83 Å². The largest absolute Gasteiger partial charge is 0.311 e. The van der Waals surface area contributed by atoms with E-state index in [1.807, 2.05) is 29.5 Å². The molecule has 0 aliphatic rings. The molecule has 0 saturated carbocycles. The maximum absolute atomic E-state index is 7.66. The molecule has 0 saturated heterocycles. The van der Waals surface area contributed by atoms with Gasteiger partial charge >= 0.3 is 0 Å². The van der Waals surface area contributed by atoms with Crippen LogP contribution in [-0.4, -0.2) is 9.55 Å². The molecule has 0 unspecified atom stereocenters. The highest BCUT2D eigenvalue weighted by Gasteiger charge is 2.18. The van der Waals surface area contributed by atoms with Gasteiger partial charge in [0, 0.05) is 63.9 Å². The summed E-state index contributed by atoms with van der Waals surface area (Å²) in [4.78, 5) is 9.13. The van der Waals surface area contributed by atoms with Crippen molar-refractivity contribution in [2.45, 2.75) is 0 Å². The highest BCUT2D eigenvalue weighted by Crippen LogP contribution is 2.44. The van der Waals surface area contributed by atoms with Gasteiger partial charge in [0.2, 0.25) is 0 Å². The van der Waals surface area contributed by atoms with Gasteiger partial charge in [-0.05, 0) is 70.8 Å². The van der Waals surface area contributed by atoms with Gasteiger partial charge in [-0.3, -0.25) is 0 Å². The first-order chi connectivity index (χ1) is 26.7. The van der Waals surface area contributed by atoms with E-state index in [1.54, 1.807) is 0 Å². The zero-order chi connectivity index (χ0) is 35.8. The Labute approximate surface area is 315 Å². The minimum Gasteiger partial charge on any atom is -0.311 e. The predicted octanol–water partition coefficient (Wildman–Crippen LogP) is 14.4. The molecule has 8 aromatic carbocycles. The molecule has 0 radical (unpaired) electrons. The molecule has 11 aromatic rings. The highest BCUT2D eigenvalue weighted by molar-refractivity contribution is 7.26. The Morgan fingerprint density at radius 3 is 1.96 bits per heavy atom. The Morgan fingerprint density at radius 1 is 0.463 bits per heavy atom. The fraction of sp³-hybridized carbons (Fsp3) is 0. The summed E-state index contributed by atoms with van der Waals surface area (Å²) in [6.07, 6.45) is 0. The summed E-state index contributed by atoms with van der Waals surface area (Å²) >= 11 is 1.87. The molecule has 0 amide bonds. The molecule has 3 nitrogen and oxygen atoms in total. The summed E-state index contributed by atoms with van der Waals surface area (Å²) in [5, 5.41) is 8.51. The number of nitrogens with zero attached hydrogens (tertiary/aromatic N) is 3. The van der Waals surface area contributed by atoms with Crippen LogP contribution in [0.25, 0.3) is 108 Å². The quantitative estimate of drug-likeness (QED) is 0.132. The van der Waals surface area contributed by atoms with Crippen LogP contribution in [0.1, 0.15) is 0 Å². The number of fused-ring (bicyclic) bond motifs is 10. The lowest BCUT2D eigenvalue weighted by Gasteiger charge is -2.13. The van der Waals surface area contributed by atoms with E-state index in [1.165, 1.54) is 36.3 Å². The number of aromatic nitrogens is 2. The SMILES string of the molecule is [C-]#[N+]c1ccc2c3cc(-c4cccc(-c5ccc6c(c5)nc(-c5ccccc5)c5ccc7c8ccccc8sc7c56)c4)ccc3n(-c3ccccc3)c2c1. The first kappa shape index (κ1) is 30.6. The molecule has 0 atom stereocenters. The fourth-order valence-electron chi connectivity index (χ4n) is 8.26. The number of pyridine rings is 1. The van der Waals surface area contributed by atoms with E-state index in [9.17, 15) is 0 Å². The van der Waals surface area contributed by atoms with E-state index in [0.717, 1.165) is 66.5 Å². The van der Waals surface area contributed by atoms with Crippen molar-refractivity contribution in [2.24, 2.45) is 0 Å². The molecule has 0 aliphatic carbocycles. The number of hydrogen-bond donors (Lipinski definition) is 0. The van der Waals surface area contributed by atoms with Gasteiger partial charge < -0.3 is 4.57 Å². The van der Waals surface area contributed by atoms with Crippen LogP contribution in [0.4, 0.5) is 5.69 Å². The van der Waals surface area contributed by atoms with Gasteiger partial charge in [-0.15, -0.1) is 11.3 Å². The van der Waals surface area contributed by atoms with Crippen LogP contribution < -0.4 is 0 Å². The highest BCUT2D eigenvalue weighted by atomic mass is 32.1. The predicted molar refractivity (Wildman–Crippen MR) is 229 cm³/mol. The average molecular weight is 704 g/mol. The number of benzene rings is 8. The third-order valence-corrected chi connectivity index (χ3v) is 12.0. The van der Waals surface area contributed by atoms with Crippen LogP contribution in [0.2, 0.25) is 0 Å². The first-order valence-electron chi connectivity index (χ1n) is 18.1. The molecule has 0 fully saturated rings. The normalized spacial score (nSPS) is 11.7. The van der Waals surface area contributed by atoms with Gasteiger partial charge in [-0.2, -0.15) is 0 Å². The topological polar surface area (TPSA) is 22.2 Å². The van der Waals surface area contributed by atoms with Crippen LogP contribution in [0.3, 0.4) is 0 Å². The lowest BCUT2D eigenvalue weighted by molar-refractivity contribution is 1.18. The van der Waals surface area contributed by atoms with E-state index >= 15 is 0 Å². The summed E-state index contributed by atoms with van der Waals surface area (Å²) in [5.74, 6) is 0. The number of rotatable bonds is 4. The third-order valence-electron chi connectivity index (χ3n) is 10.8. The summed E-state index contributed by atoms with van der Waals surface area (Å²) in [6.45, 7) is 7.66. The summed E-state index contributed by atoms with van der Waals surface area (Å²) < 4.78 is 4.87. The molecule has 0 N–H and O–H groups in total. The monoisotopic (exact) mass is 703 g/mol. The molecule has 54 heavy (non-hydrogen) atoms.